The molecule has 1 atom stereocenters. The Labute approximate surface area is 140 Å². The van der Waals surface area contributed by atoms with E-state index < -0.39 is 0 Å². The lowest BCUT2D eigenvalue weighted by Crippen LogP contribution is -2.12. The van der Waals surface area contributed by atoms with E-state index in [1.54, 1.807) is 6.20 Å². The Hall–Kier alpha value is -3.14. The Morgan fingerprint density at radius 3 is 2.54 bits per heavy atom. The highest BCUT2D eigenvalue weighted by atomic mass is 16.5. The second-order valence-electron chi connectivity index (χ2n) is 5.77. The minimum Gasteiger partial charge on any atom is -0.438 e. The van der Waals surface area contributed by atoms with E-state index in [0.29, 0.717) is 5.88 Å². The van der Waals surface area contributed by atoms with Crippen LogP contribution < -0.4 is 10.1 Å². The number of para-hydroxylation sites is 1. The Morgan fingerprint density at radius 2 is 1.75 bits per heavy atom. The van der Waals surface area contributed by atoms with Crippen molar-refractivity contribution in [3.63, 3.8) is 0 Å². The third-order valence-corrected chi connectivity index (χ3v) is 4.11. The molecule has 2 heterocycles. The highest BCUT2D eigenvalue weighted by Gasteiger charge is 2.28. The third kappa shape index (κ3) is 2.52. The molecule has 0 aliphatic carbocycles. The lowest BCUT2D eigenvalue weighted by molar-refractivity contribution is -0.114. The van der Waals surface area contributed by atoms with Gasteiger partial charge in [0.2, 0.25) is 11.8 Å². The van der Waals surface area contributed by atoms with Crippen LogP contribution in [-0.4, -0.2) is 10.9 Å². The number of aromatic nitrogens is 1. The number of amides is 1. The first-order chi connectivity index (χ1) is 11.7. The fourth-order valence-electron chi connectivity index (χ4n) is 3.11. The molecule has 0 saturated carbocycles. The van der Waals surface area contributed by atoms with Gasteiger partial charge in [0, 0.05) is 35.9 Å². The summed E-state index contributed by atoms with van der Waals surface area (Å²) in [5, 5.41) is 2.80. The lowest BCUT2D eigenvalue weighted by Gasteiger charge is -2.27. The molecule has 1 aliphatic rings. The maximum Gasteiger partial charge on any atom is 0.223 e. The van der Waals surface area contributed by atoms with Gasteiger partial charge in [0.05, 0.1) is 0 Å². The van der Waals surface area contributed by atoms with E-state index in [1.165, 1.54) is 6.92 Å². The second-order valence-corrected chi connectivity index (χ2v) is 5.77. The normalized spacial score (nSPS) is 15.0. The summed E-state index contributed by atoms with van der Waals surface area (Å²) in [5.74, 6) is 1.46. The van der Waals surface area contributed by atoms with Gasteiger partial charge in [0.1, 0.15) is 5.75 Å². The molecular formula is C20H16N2O2. The van der Waals surface area contributed by atoms with Gasteiger partial charge in [-0.15, -0.1) is 0 Å². The Balaban J connectivity index is 1.81. The fourth-order valence-corrected chi connectivity index (χ4v) is 3.11. The summed E-state index contributed by atoms with van der Waals surface area (Å²) in [4.78, 5) is 15.6. The van der Waals surface area contributed by atoms with Crippen molar-refractivity contribution in [3.8, 4) is 11.6 Å². The predicted octanol–water partition coefficient (Wildman–Crippen LogP) is 4.33. The summed E-state index contributed by atoms with van der Waals surface area (Å²) in [6, 6.07) is 19.9. The maximum atomic E-state index is 11.2. The summed E-state index contributed by atoms with van der Waals surface area (Å²) < 4.78 is 5.94. The van der Waals surface area contributed by atoms with Gasteiger partial charge >= 0.3 is 0 Å². The molecule has 0 saturated heterocycles. The van der Waals surface area contributed by atoms with Gasteiger partial charge in [0.15, 0.2) is 0 Å². The van der Waals surface area contributed by atoms with Crippen molar-refractivity contribution in [1.82, 2.24) is 4.98 Å². The second kappa shape index (κ2) is 5.81. The molecule has 1 aromatic heterocycles. The van der Waals surface area contributed by atoms with Gasteiger partial charge < -0.3 is 10.1 Å². The maximum absolute atomic E-state index is 11.2. The Bertz CT molecular complexity index is 858. The van der Waals surface area contributed by atoms with Crippen LogP contribution in [0.25, 0.3) is 0 Å². The zero-order valence-electron chi connectivity index (χ0n) is 13.2. The number of fused-ring (bicyclic) bond motifs is 2. The highest BCUT2D eigenvalue weighted by Crippen LogP contribution is 2.46. The number of nitrogens with zero attached hydrogens (tertiary/aromatic N) is 1. The summed E-state index contributed by atoms with van der Waals surface area (Å²) in [7, 11) is 0. The highest BCUT2D eigenvalue weighted by molar-refractivity contribution is 5.88. The van der Waals surface area contributed by atoms with Gasteiger partial charge in [-0.2, -0.15) is 0 Å². The minimum absolute atomic E-state index is 0.0602. The number of carbonyl (C=O) groups excluding carboxylic acids is 1. The number of carbonyl (C=O) groups is 1. The predicted molar refractivity (Wildman–Crippen MR) is 92.4 cm³/mol. The van der Waals surface area contributed by atoms with Gasteiger partial charge in [-0.1, -0.05) is 36.4 Å². The molecule has 4 nitrogen and oxygen atoms in total. The van der Waals surface area contributed by atoms with Crippen LogP contribution in [0.3, 0.4) is 0 Å². The van der Waals surface area contributed by atoms with Gasteiger partial charge in [-0.3, -0.25) is 4.79 Å². The molecule has 4 rings (SSSR count). The van der Waals surface area contributed by atoms with Crippen LogP contribution in [-0.2, 0) is 4.79 Å². The molecule has 1 aliphatic heterocycles. The SMILES string of the molecule is CC(=O)Nc1ccc(C2c3ccccc3Oc3ncccc32)cc1. The summed E-state index contributed by atoms with van der Waals surface area (Å²) in [5.41, 5.74) is 4.08. The molecule has 0 spiro atoms. The molecule has 1 amide bonds. The van der Waals surface area contributed by atoms with Gasteiger partial charge in [0.25, 0.3) is 0 Å². The first-order valence-electron chi connectivity index (χ1n) is 7.81. The number of anilines is 1. The standard InChI is InChI=1S/C20H16N2O2/c1-13(23)22-15-10-8-14(9-11-15)19-16-5-2-3-7-18(16)24-20-17(19)6-4-12-21-20/h2-12,19H,1H3,(H,22,23). The molecule has 4 heteroatoms. The molecule has 0 bridgehead atoms. The van der Waals surface area contributed by atoms with Crippen LogP contribution in [0.5, 0.6) is 11.6 Å². The van der Waals surface area contributed by atoms with E-state index in [0.717, 1.165) is 28.1 Å². The lowest BCUT2D eigenvalue weighted by atomic mass is 9.84. The van der Waals surface area contributed by atoms with Crippen molar-refractivity contribution in [2.24, 2.45) is 0 Å². The van der Waals surface area contributed by atoms with E-state index >= 15 is 0 Å². The van der Waals surface area contributed by atoms with Crippen molar-refractivity contribution < 1.29 is 9.53 Å². The average Bonchev–Trinajstić information content (AvgIpc) is 2.60. The fraction of sp³-hybridized carbons (Fsp3) is 0.100. The van der Waals surface area contributed by atoms with Crippen molar-refractivity contribution in [3.05, 3.63) is 83.6 Å². The van der Waals surface area contributed by atoms with Gasteiger partial charge in [-0.05, 0) is 29.8 Å². The number of ether oxygens (including phenoxy) is 1. The molecule has 0 radical (unpaired) electrons. The van der Waals surface area contributed by atoms with Crippen molar-refractivity contribution in [2.45, 2.75) is 12.8 Å². The van der Waals surface area contributed by atoms with Crippen LogP contribution in [0.2, 0.25) is 0 Å². The van der Waals surface area contributed by atoms with Crippen LogP contribution in [0, 0.1) is 0 Å². The first-order valence-corrected chi connectivity index (χ1v) is 7.81. The molecule has 1 N–H and O–H groups in total. The van der Waals surface area contributed by atoms with E-state index in [2.05, 4.69) is 16.4 Å². The van der Waals surface area contributed by atoms with Crippen molar-refractivity contribution >= 4 is 11.6 Å². The van der Waals surface area contributed by atoms with Crippen LogP contribution in [0.15, 0.2) is 66.9 Å². The molecule has 3 aromatic rings. The molecule has 118 valence electrons. The zero-order valence-corrected chi connectivity index (χ0v) is 13.2. The smallest absolute Gasteiger partial charge is 0.223 e. The molecule has 2 aromatic carbocycles. The third-order valence-electron chi connectivity index (χ3n) is 4.11. The molecular weight excluding hydrogens is 300 g/mol. The topological polar surface area (TPSA) is 51.2 Å². The quantitative estimate of drug-likeness (QED) is 0.599. The minimum atomic E-state index is -0.0753. The number of nitrogens with one attached hydrogen (secondary N) is 1. The van der Waals surface area contributed by atoms with E-state index in [4.69, 9.17) is 4.74 Å². The monoisotopic (exact) mass is 316 g/mol. The molecule has 0 fully saturated rings. The van der Waals surface area contributed by atoms with Crippen LogP contribution in [0.1, 0.15) is 29.5 Å². The first kappa shape index (κ1) is 14.5. The van der Waals surface area contributed by atoms with E-state index in [9.17, 15) is 4.79 Å². The number of benzene rings is 2. The summed E-state index contributed by atoms with van der Waals surface area (Å²) in [6.07, 6.45) is 1.74. The Morgan fingerprint density at radius 1 is 1.00 bits per heavy atom. The van der Waals surface area contributed by atoms with Crippen LogP contribution in [0.4, 0.5) is 5.69 Å². The van der Waals surface area contributed by atoms with Crippen molar-refractivity contribution in [2.75, 3.05) is 5.32 Å². The summed E-state index contributed by atoms with van der Waals surface area (Å²) >= 11 is 0. The number of pyridine rings is 1. The van der Waals surface area contributed by atoms with Crippen molar-refractivity contribution in [1.29, 1.82) is 0 Å². The van der Waals surface area contributed by atoms with Crippen LogP contribution >= 0.6 is 0 Å². The number of hydrogen-bond acceptors (Lipinski definition) is 3. The van der Waals surface area contributed by atoms with E-state index in [1.807, 2.05) is 54.6 Å². The number of hydrogen-bond donors (Lipinski definition) is 1. The molecule has 1 unspecified atom stereocenters. The summed E-state index contributed by atoms with van der Waals surface area (Å²) in [6.45, 7) is 1.50. The van der Waals surface area contributed by atoms with E-state index in [-0.39, 0.29) is 11.8 Å². The number of rotatable bonds is 2. The Kier molecular flexibility index (Phi) is 3.50. The van der Waals surface area contributed by atoms with Gasteiger partial charge in [-0.25, -0.2) is 4.98 Å². The average molecular weight is 316 g/mol. The largest absolute Gasteiger partial charge is 0.438 e. The molecule has 24 heavy (non-hydrogen) atoms. The zero-order chi connectivity index (χ0) is 16.5.